The Balaban J connectivity index is 2.34. The first kappa shape index (κ1) is 13.0. The lowest BCUT2D eigenvalue weighted by Gasteiger charge is -2.03. The van der Waals surface area contributed by atoms with Crippen molar-refractivity contribution < 1.29 is 18.7 Å². The van der Waals surface area contributed by atoms with Gasteiger partial charge in [-0.15, -0.1) is 0 Å². The van der Waals surface area contributed by atoms with Crippen molar-refractivity contribution in [2.24, 2.45) is 5.92 Å². The van der Waals surface area contributed by atoms with Gasteiger partial charge in [-0.2, -0.15) is 0 Å². The van der Waals surface area contributed by atoms with Gasteiger partial charge >= 0.3 is 5.97 Å². The van der Waals surface area contributed by atoms with E-state index < -0.39 is 23.5 Å². The molecule has 0 spiro atoms. The Labute approximate surface area is 109 Å². The molecule has 0 bridgehead atoms. The molecule has 0 radical (unpaired) electrons. The van der Waals surface area contributed by atoms with Crippen LogP contribution < -0.4 is 5.32 Å². The van der Waals surface area contributed by atoms with Crippen LogP contribution in [0, 0.1) is 11.7 Å². The summed E-state index contributed by atoms with van der Waals surface area (Å²) in [6.07, 6.45) is 1.35. The summed E-state index contributed by atoms with van der Waals surface area (Å²) in [6.45, 7) is 3.60. The van der Waals surface area contributed by atoms with E-state index in [9.17, 15) is 14.0 Å². The number of ketones is 1. The van der Waals surface area contributed by atoms with Crippen molar-refractivity contribution in [3.8, 4) is 0 Å². The molecule has 1 fully saturated rings. The number of carbonyl (C=O) groups is 2. The Hall–Kier alpha value is -2.43. The molecular weight excluding hydrogens is 249 g/mol. The Bertz CT molecular complexity index is 592. The Kier molecular flexibility index (Phi) is 3.46. The summed E-state index contributed by atoms with van der Waals surface area (Å²) < 4.78 is 18.0. The van der Waals surface area contributed by atoms with Gasteiger partial charge in [0.05, 0.1) is 12.8 Å². The highest BCUT2D eigenvalue weighted by molar-refractivity contribution is 6.14. The molecule has 1 aliphatic rings. The Morgan fingerprint density at radius 1 is 1.47 bits per heavy atom. The first-order chi connectivity index (χ1) is 9.04. The Morgan fingerprint density at radius 3 is 2.79 bits per heavy atom. The summed E-state index contributed by atoms with van der Waals surface area (Å²) >= 11 is 0. The molecule has 1 aliphatic heterocycles. The van der Waals surface area contributed by atoms with Gasteiger partial charge in [-0.1, -0.05) is 24.8 Å². The van der Waals surface area contributed by atoms with Crippen LogP contribution in [-0.2, 0) is 14.3 Å². The highest BCUT2D eigenvalue weighted by atomic mass is 19.1. The number of hydrogen-bond acceptors (Lipinski definition) is 4. The lowest BCUT2D eigenvalue weighted by molar-refractivity contribution is -0.146. The predicted molar refractivity (Wildman–Crippen MR) is 67.2 cm³/mol. The first-order valence-corrected chi connectivity index (χ1v) is 5.58. The molecule has 1 heterocycles. The summed E-state index contributed by atoms with van der Waals surface area (Å²) in [5.74, 6) is -2.67. The SMILES string of the molecule is C=C1NC(=Cc2ccccc2F)C(=O)C1C(=O)OC. The summed E-state index contributed by atoms with van der Waals surface area (Å²) in [7, 11) is 1.20. The molecule has 0 aromatic heterocycles. The monoisotopic (exact) mass is 261 g/mol. The molecule has 1 atom stereocenters. The van der Waals surface area contributed by atoms with Gasteiger partial charge in [-0.25, -0.2) is 4.39 Å². The zero-order valence-electron chi connectivity index (χ0n) is 10.3. The highest BCUT2D eigenvalue weighted by Crippen LogP contribution is 2.24. The van der Waals surface area contributed by atoms with E-state index in [4.69, 9.17) is 0 Å². The topological polar surface area (TPSA) is 55.4 Å². The average molecular weight is 261 g/mol. The van der Waals surface area contributed by atoms with E-state index in [-0.39, 0.29) is 17.0 Å². The molecule has 0 saturated carbocycles. The van der Waals surface area contributed by atoms with Crippen LogP contribution in [0.5, 0.6) is 0 Å². The molecule has 1 aromatic rings. The lowest BCUT2D eigenvalue weighted by atomic mass is 10.0. The number of benzene rings is 1. The number of allylic oxidation sites excluding steroid dienone is 1. The molecule has 1 N–H and O–H groups in total. The lowest BCUT2D eigenvalue weighted by Crippen LogP contribution is -2.21. The second-order valence-electron chi connectivity index (χ2n) is 4.05. The molecule has 0 amide bonds. The number of rotatable bonds is 2. The van der Waals surface area contributed by atoms with Crippen LogP contribution in [-0.4, -0.2) is 18.9 Å². The van der Waals surface area contributed by atoms with Crippen molar-refractivity contribution in [2.45, 2.75) is 0 Å². The maximum atomic E-state index is 13.5. The van der Waals surface area contributed by atoms with Gasteiger partial charge in [0, 0.05) is 11.3 Å². The van der Waals surface area contributed by atoms with Crippen molar-refractivity contribution in [3.63, 3.8) is 0 Å². The van der Waals surface area contributed by atoms with Crippen LogP contribution in [0.4, 0.5) is 4.39 Å². The largest absolute Gasteiger partial charge is 0.468 e. The molecular formula is C14H12FNO3. The van der Waals surface area contributed by atoms with E-state index in [1.165, 1.54) is 25.3 Å². The number of ether oxygens (including phenoxy) is 1. The van der Waals surface area contributed by atoms with Crippen molar-refractivity contribution in [1.82, 2.24) is 5.32 Å². The minimum absolute atomic E-state index is 0.130. The molecule has 0 aliphatic carbocycles. The summed E-state index contributed by atoms with van der Waals surface area (Å²) in [5, 5.41) is 2.69. The smallest absolute Gasteiger partial charge is 0.322 e. The van der Waals surface area contributed by atoms with Crippen molar-refractivity contribution in [3.05, 3.63) is 53.6 Å². The third-order valence-corrected chi connectivity index (χ3v) is 2.81. The summed E-state index contributed by atoms with van der Waals surface area (Å²) in [5.41, 5.74) is 0.626. The fourth-order valence-corrected chi connectivity index (χ4v) is 1.84. The summed E-state index contributed by atoms with van der Waals surface area (Å²) in [4.78, 5) is 23.5. The van der Waals surface area contributed by atoms with Gasteiger partial charge in [0.1, 0.15) is 5.82 Å². The third kappa shape index (κ3) is 2.40. The molecule has 5 heteroatoms. The molecule has 2 rings (SSSR count). The van der Waals surface area contributed by atoms with Crippen LogP contribution >= 0.6 is 0 Å². The van der Waals surface area contributed by atoms with E-state index in [1.54, 1.807) is 12.1 Å². The van der Waals surface area contributed by atoms with Crippen molar-refractivity contribution >= 4 is 17.8 Å². The van der Waals surface area contributed by atoms with Gasteiger partial charge in [-0.05, 0) is 12.1 Å². The van der Waals surface area contributed by atoms with Gasteiger partial charge < -0.3 is 10.1 Å². The van der Waals surface area contributed by atoms with Gasteiger partial charge in [0.2, 0.25) is 0 Å². The van der Waals surface area contributed by atoms with Gasteiger partial charge in [0.15, 0.2) is 11.7 Å². The maximum absolute atomic E-state index is 13.5. The molecule has 98 valence electrons. The first-order valence-electron chi connectivity index (χ1n) is 5.58. The van der Waals surface area contributed by atoms with Crippen LogP contribution in [0.2, 0.25) is 0 Å². The number of carbonyl (C=O) groups excluding carboxylic acids is 2. The highest BCUT2D eigenvalue weighted by Gasteiger charge is 2.39. The maximum Gasteiger partial charge on any atom is 0.322 e. The van der Waals surface area contributed by atoms with Crippen LogP contribution in [0.1, 0.15) is 5.56 Å². The van der Waals surface area contributed by atoms with E-state index in [0.29, 0.717) is 0 Å². The second-order valence-corrected chi connectivity index (χ2v) is 4.05. The normalized spacial score (nSPS) is 20.5. The van der Waals surface area contributed by atoms with Gasteiger partial charge in [0.25, 0.3) is 0 Å². The number of halogens is 1. The van der Waals surface area contributed by atoms with E-state index in [0.717, 1.165) is 0 Å². The van der Waals surface area contributed by atoms with Crippen LogP contribution in [0.25, 0.3) is 6.08 Å². The predicted octanol–water partition coefficient (Wildman–Crippen LogP) is 1.64. The Morgan fingerprint density at radius 2 is 2.16 bits per heavy atom. The van der Waals surface area contributed by atoms with Gasteiger partial charge in [-0.3, -0.25) is 9.59 Å². The van der Waals surface area contributed by atoms with Crippen molar-refractivity contribution in [1.29, 1.82) is 0 Å². The third-order valence-electron chi connectivity index (χ3n) is 2.81. The minimum Gasteiger partial charge on any atom is -0.468 e. The number of methoxy groups -OCH3 is 1. The fraction of sp³-hybridized carbons (Fsp3) is 0.143. The zero-order chi connectivity index (χ0) is 14.0. The number of esters is 1. The number of Topliss-reactive ketones (excluding diaryl/α,β-unsaturated/α-hetero) is 1. The second kappa shape index (κ2) is 5.06. The molecule has 19 heavy (non-hydrogen) atoms. The fourth-order valence-electron chi connectivity index (χ4n) is 1.84. The molecule has 4 nitrogen and oxygen atoms in total. The molecule has 1 unspecified atom stereocenters. The van der Waals surface area contributed by atoms with E-state index in [1.807, 2.05) is 0 Å². The van der Waals surface area contributed by atoms with Crippen LogP contribution in [0.15, 0.2) is 42.2 Å². The van der Waals surface area contributed by atoms with Crippen LogP contribution in [0.3, 0.4) is 0 Å². The average Bonchev–Trinajstić information content (AvgIpc) is 2.66. The zero-order valence-corrected chi connectivity index (χ0v) is 10.3. The number of nitrogens with one attached hydrogen (secondary N) is 1. The standard InChI is InChI=1S/C14H12FNO3/c1-8-12(14(18)19-2)13(17)11(16-8)7-9-5-3-4-6-10(9)15/h3-7,12,16H,1H2,2H3. The van der Waals surface area contributed by atoms with E-state index >= 15 is 0 Å². The van der Waals surface area contributed by atoms with Crippen molar-refractivity contribution in [2.75, 3.05) is 7.11 Å². The quantitative estimate of drug-likeness (QED) is 0.499. The number of hydrogen-bond donors (Lipinski definition) is 1. The summed E-state index contributed by atoms with van der Waals surface area (Å²) in [6, 6.07) is 6.03. The van der Waals surface area contributed by atoms with E-state index in [2.05, 4.69) is 16.6 Å². The minimum atomic E-state index is -1.07. The molecule has 1 aromatic carbocycles. The molecule has 1 saturated heterocycles.